The van der Waals surface area contributed by atoms with E-state index in [1.54, 1.807) is 6.92 Å². The highest BCUT2D eigenvalue weighted by Gasteiger charge is 2.19. The minimum absolute atomic E-state index is 0.0486. The molecule has 0 bridgehead atoms. The molecule has 1 saturated heterocycles. The minimum Gasteiger partial charge on any atom is -0.430 e. The lowest BCUT2D eigenvalue weighted by Gasteiger charge is -1.90. The molecular formula is C10H17NO3. The Balaban J connectivity index is 0.000000241. The van der Waals surface area contributed by atoms with Gasteiger partial charge in [-0.3, -0.25) is 0 Å². The van der Waals surface area contributed by atoms with E-state index in [9.17, 15) is 4.79 Å². The lowest BCUT2D eigenvalue weighted by atomic mass is 10.5. The van der Waals surface area contributed by atoms with Crippen molar-refractivity contribution in [2.45, 2.75) is 13.0 Å². The van der Waals surface area contributed by atoms with Gasteiger partial charge in [0.15, 0.2) is 0 Å². The summed E-state index contributed by atoms with van der Waals surface area (Å²) >= 11 is 0. The van der Waals surface area contributed by atoms with Crippen molar-refractivity contribution in [1.29, 1.82) is 0 Å². The Morgan fingerprint density at radius 3 is 2.29 bits per heavy atom. The largest absolute Gasteiger partial charge is 0.508 e. The smallest absolute Gasteiger partial charge is 0.430 e. The Hall–Kier alpha value is -1.29. The molecular weight excluding hydrogens is 182 g/mol. The fourth-order valence-corrected chi connectivity index (χ4v) is 0.705. The molecule has 1 rings (SSSR count). The molecule has 0 radical (unpaired) electrons. The number of hydrogen-bond acceptors (Lipinski definition) is 4. The van der Waals surface area contributed by atoms with Gasteiger partial charge in [-0.05, 0) is 6.92 Å². The fourth-order valence-electron chi connectivity index (χ4n) is 0.705. The first-order valence-electron chi connectivity index (χ1n) is 4.46. The van der Waals surface area contributed by atoms with Gasteiger partial charge in [-0.2, -0.15) is 0 Å². The summed E-state index contributed by atoms with van der Waals surface area (Å²) in [5, 5.41) is 3.05. The van der Waals surface area contributed by atoms with Crippen molar-refractivity contribution in [3.63, 3.8) is 0 Å². The summed E-state index contributed by atoms with van der Waals surface area (Å²) in [6, 6.07) is 0. The van der Waals surface area contributed by atoms with Crippen LogP contribution in [0.5, 0.6) is 0 Å². The fraction of sp³-hybridized carbons (Fsp3) is 0.500. The van der Waals surface area contributed by atoms with Gasteiger partial charge in [-0.15, -0.1) is 13.2 Å². The lowest BCUT2D eigenvalue weighted by molar-refractivity contribution is 0.121. The van der Waals surface area contributed by atoms with E-state index < -0.39 is 6.16 Å². The summed E-state index contributed by atoms with van der Waals surface area (Å²) < 4.78 is 8.90. The minimum atomic E-state index is -0.549. The number of nitrogens with one attached hydrogen (secondary N) is 1. The normalized spacial score (nSPS) is 18.6. The Bertz CT molecular complexity index is 184. The SMILES string of the molecule is C=CCNCC=C.CC1COC(=O)O1. The second-order valence-electron chi connectivity index (χ2n) is 2.73. The summed E-state index contributed by atoms with van der Waals surface area (Å²) in [6.45, 7) is 11.0. The van der Waals surface area contributed by atoms with Crippen LogP contribution >= 0.6 is 0 Å². The van der Waals surface area contributed by atoms with Gasteiger partial charge >= 0.3 is 6.16 Å². The molecule has 1 N–H and O–H groups in total. The number of hydrogen-bond donors (Lipinski definition) is 1. The number of cyclic esters (lactones) is 2. The molecule has 0 aromatic heterocycles. The summed E-state index contributed by atoms with van der Waals surface area (Å²) in [4.78, 5) is 10.0. The van der Waals surface area contributed by atoms with E-state index in [4.69, 9.17) is 0 Å². The van der Waals surface area contributed by atoms with E-state index in [2.05, 4.69) is 27.9 Å². The zero-order chi connectivity index (χ0) is 10.8. The third-order valence-corrected chi connectivity index (χ3v) is 1.31. The van der Waals surface area contributed by atoms with E-state index in [1.807, 2.05) is 12.2 Å². The van der Waals surface area contributed by atoms with Gasteiger partial charge in [0.25, 0.3) is 0 Å². The molecule has 0 aliphatic carbocycles. The molecule has 14 heavy (non-hydrogen) atoms. The summed E-state index contributed by atoms with van der Waals surface area (Å²) in [7, 11) is 0. The predicted octanol–water partition coefficient (Wildman–Crippen LogP) is 1.49. The average Bonchev–Trinajstić information content (AvgIpc) is 2.52. The van der Waals surface area contributed by atoms with Crippen LogP contribution in [-0.2, 0) is 9.47 Å². The van der Waals surface area contributed by atoms with Gasteiger partial charge in [0.2, 0.25) is 0 Å². The van der Waals surface area contributed by atoms with Crippen LogP contribution in [0.3, 0.4) is 0 Å². The predicted molar refractivity (Wildman–Crippen MR) is 55.2 cm³/mol. The van der Waals surface area contributed by atoms with Crippen LogP contribution in [-0.4, -0.2) is 32.0 Å². The van der Waals surface area contributed by atoms with Crippen LogP contribution in [0.4, 0.5) is 4.79 Å². The molecule has 4 heteroatoms. The second kappa shape index (κ2) is 8.31. The van der Waals surface area contributed by atoms with E-state index >= 15 is 0 Å². The van der Waals surface area contributed by atoms with Gasteiger partial charge in [0.1, 0.15) is 12.7 Å². The maximum Gasteiger partial charge on any atom is 0.508 e. The summed E-state index contributed by atoms with van der Waals surface area (Å²) in [5.74, 6) is 0. The highest BCUT2D eigenvalue weighted by atomic mass is 16.8. The van der Waals surface area contributed by atoms with Gasteiger partial charge in [-0.1, -0.05) is 12.2 Å². The van der Waals surface area contributed by atoms with Crippen molar-refractivity contribution in [3.8, 4) is 0 Å². The molecule has 0 aromatic carbocycles. The molecule has 0 saturated carbocycles. The van der Waals surface area contributed by atoms with Gasteiger partial charge < -0.3 is 14.8 Å². The maximum atomic E-state index is 10.0. The standard InChI is InChI=1S/C6H11N.C4H6O3/c1-3-5-7-6-4-2;1-3-2-6-4(5)7-3/h3-4,7H,1-2,5-6H2;3H,2H2,1H3. The molecule has 1 heterocycles. The van der Waals surface area contributed by atoms with Gasteiger partial charge in [0, 0.05) is 13.1 Å². The van der Waals surface area contributed by atoms with E-state index in [1.165, 1.54) is 0 Å². The number of carbonyl (C=O) groups excluding carboxylic acids is 1. The molecule has 0 spiro atoms. The second-order valence-corrected chi connectivity index (χ2v) is 2.73. The van der Waals surface area contributed by atoms with Crippen molar-refractivity contribution in [2.24, 2.45) is 0 Å². The number of ether oxygens (including phenoxy) is 2. The summed E-state index contributed by atoms with van der Waals surface area (Å²) in [6.07, 6.45) is 3.05. The lowest BCUT2D eigenvalue weighted by Crippen LogP contribution is -2.11. The van der Waals surface area contributed by atoms with Crippen molar-refractivity contribution in [3.05, 3.63) is 25.3 Å². The van der Waals surface area contributed by atoms with Crippen LogP contribution in [0.25, 0.3) is 0 Å². The maximum absolute atomic E-state index is 10.0. The van der Waals surface area contributed by atoms with E-state index in [0.717, 1.165) is 13.1 Å². The summed E-state index contributed by atoms with van der Waals surface area (Å²) in [5.41, 5.74) is 0. The quantitative estimate of drug-likeness (QED) is 0.423. The van der Waals surface area contributed by atoms with Crippen molar-refractivity contribution in [2.75, 3.05) is 19.7 Å². The molecule has 1 atom stereocenters. The third-order valence-electron chi connectivity index (χ3n) is 1.31. The van der Waals surface area contributed by atoms with Crippen LogP contribution in [0, 0.1) is 0 Å². The number of rotatable bonds is 4. The first kappa shape index (κ1) is 12.7. The monoisotopic (exact) mass is 199 g/mol. The van der Waals surface area contributed by atoms with E-state index in [-0.39, 0.29) is 6.10 Å². The Morgan fingerprint density at radius 1 is 1.50 bits per heavy atom. The highest BCUT2D eigenvalue weighted by molar-refractivity contribution is 5.61. The number of carbonyl (C=O) groups is 1. The van der Waals surface area contributed by atoms with Crippen LogP contribution in [0.1, 0.15) is 6.92 Å². The highest BCUT2D eigenvalue weighted by Crippen LogP contribution is 2.02. The zero-order valence-corrected chi connectivity index (χ0v) is 8.49. The van der Waals surface area contributed by atoms with Crippen molar-refractivity contribution in [1.82, 2.24) is 5.32 Å². The molecule has 4 nitrogen and oxygen atoms in total. The zero-order valence-electron chi connectivity index (χ0n) is 8.49. The third kappa shape index (κ3) is 7.36. The van der Waals surface area contributed by atoms with Crippen LogP contribution in [0.2, 0.25) is 0 Å². The average molecular weight is 199 g/mol. The van der Waals surface area contributed by atoms with Gasteiger partial charge in [0.05, 0.1) is 0 Å². The molecule has 1 aliphatic heterocycles. The molecule has 1 unspecified atom stereocenters. The molecule has 0 aromatic rings. The van der Waals surface area contributed by atoms with Gasteiger partial charge in [-0.25, -0.2) is 4.79 Å². The first-order valence-corrected chi connectivity index (χ1v) is 4.46. The molecule has 1 fully saturated rings. The topological polar surface area (TPSA) is 47.6 Å². The Labute approximate surface area is 84.6 Å². The Morgan fingerprint density at radius 2 is 2.07 bits per heavy atom. The molecule has 80 valence electrons. The molecule has 0 amide bonds. The van der Waals surface area contributed by atoms with E-state index in [0.29, 0.717) is 6.61 Å². The van der Waals surface area contributed by atoms with Crippen molar-refractivity contribution < 1.29 is 14.3 Å². The first-order chi connectivity index (χ1) is 6.70. The Kier molecular flexibility index (Phi) is 7.55. The van der Waals surface area contributed by atoms with Crippen LogP contribution in [0.15, 0.2) is 25.3 Å². The van der Waals surface area contributed by atoms with Crippen LogP contribution < -0.4 is 5.32 Å². The molecule has 1 aliphatic rings. The van der Waals surface area contributed by atoms with Crippen molar-refractivity contribution >= 4 is 6.16 Å².